The van der Waals surface area contributed by atoms with Crippen molar-refractivity contribution >= 4 is 23.2 Å². The SMILES string of the molecule is COc1cc(C(=O)NNC(=O)c2cn(-c3ccccc3)nc2-c2cccs2)ccc1OC(C)C. The second-order valence-electron chi connectivity index (χ2n) is 7.59. The van der Waals surface area contributed by atoms with Gasteiger partial charge in [-0.3, -0.25) is 20.4 Å². The van der Waals surface area contributed by atoms with Crippen LogP contribution in [0.25, 0.3) is 16.3 Å². The Morgan fingerprint density at radius 1 is 0.971 bits per heavy atom. The van der Waals surface area contributed by atoms with Gasteiger partial charge in [-0.2, -0.15) is 5.10 Å². The van der Waals surface area contributed by atoms with Crippen LogP contribution in [0, 0.1) is 0 Å². The molecule has 0 saturated carbocycles. The number of ether oxygens (including phenoxy) is 2. The highest BCUT2D eigenvalue weighted by atomic mass is 32.1. The Morgan fingerprint density at radius 2 is 1.74 bits per heavy atom. The van der Waals surface area contributed by atoms with Crippen LogP contribution in [0.1, 0.15) is 34.6 Å². The van der Waals surface area contributed by atoms with E-state index in [1.165, 1.54) is 18.4 Å². The summed E-state index contributed by atoms with van der Waals surface area (Å²) in [5.41, 5.74) is 6.95. The van der Waals surface area contributed by atoms with Gasteiger partial charge in [0.15, 0.2) is 11.5 Å². The second-order valence-corrected chi connectivity index (χ2v) is 8.54. The van der Waals surface area contributed by atoms with Crippen molar-refractivity contribution < 1.29 is 19.1 Å². The van der Waals surface area contributed by atoms with Crippen LogP contribution in [0.5, 0.6) is 11.5 Å². The molecule has 9 heteroatoms. The number of carbonyl (C=O) groups is 2. The summed E-state index contributed by atoms with van der Waals surface area (Å²) in [7, 11) is 1.50. The maximum atomic E-state index is 13.0. The van der Waals surface area contributed by atoms with E-state index in [0.29, 0.717) is 28.3 Å². The first kappa shape index (κ1) is 23.1. The van der Waals surface area contributed by atoms with Crippen LogP contribution in [0.3, 0.4) is 0 Å². The number of hydrogen-bond acceptors (Lipinski definition) is 6. The molecule has 2 N–H and O–H groups in total. The number of hydrazine groups is 1. The summed E-state index contributed by atoms with van der Waals surface area (Å²) in [5, 5.41) is 6.53. The Labute approximate surface area is 201 Å². The number of carbonyl (C=O) groups excluding carboxylic acids is 2. The predicted molar refractivity (Wildman–Crippen MR) is 131 cm³/mol. The molecule has 2 aromatic heterocycles. The van der Waals surface area contributed by atoms with Crippen molar-refractivity contribution in [1.82, 2.24) is 20.6 Å². The van der Waals surface area contributed by atoms with E-state index >= 15 is 0 Å². The Balaban J connectivity index is 1.53. The summed E-state index contributed by atoms with van der Waals surface area (Å²) >= 11 is 1.48. The number of nitrogens with one attached hydrogen (secondary N) is 2. The predicted octanol–water partition coefficient (Wildman–Crippen LogP) is 4.47. The normalized spacial score (nSPS) is 10.7. The minimum absolute atomic E-state index is 0.0396. The third-order valence-electron chi connectivity index (χ3n) is 4.81. The van der Waals surface area contributed by atoms with Crippen LogP contribution in [-0.2, 0) is 0 Å². The minimum Gasteiger partial charge on any atom is -0.493 e. The van der Waals surface area contributed by atoms with Crippen molar-refractivity contribution in [2.75, 3.05) is 7.11 Å². The van der Waals surface area contributed by atoms with Gasteiger partial charge >= 0.3 is 0 Å². The van der Waals surface area contributed by atoms with E-state index in [2.05, 4.69) is 16.0 Å². The Morgan fingerprint density at radius 3 is 2.41 bits per heavy atom. The molecule has 0 bridgehead atoms. The van der Waals surface area contributed by atoms with Gasteiger partial charge in [-0.25, -0.2) is 4.68 Å². The first-order valence-corrected chi connectivity index (χ1v) is 11.5. The summed E-state index contributed by atoms with van der Waals surface area (Å²) in [6.07, 6.45) is 1.61. The van der Waals surface area contributed by atoms with Crippen LogP contribution >= 0.6 is 11.3 Å². The van der Waals surface area contributed by atoms with Gasteiger partial charge in [0.25, 0.3) is 11.8 Å². The summed E-state index contributed by atoms with van der Waals surface area (Å²) in [5.74, 6) is -0.00896. The van der Waals surface area contributed by atoms with Gasteiger partial charge < -0.3 is 9.47 Å². The van der Waals surface area contributed by atoms with Gasteiger partial charge in [0.1, 0.15) is 5.69 Å². The van der Waals surface area contributed by atoms with Gasteiger partial charge in [-0.15, -0.1) is 11.3 Å². The van der Waals surface area contributed by atoms with E-state index in [-0.39, 0.29) is 6.10 Å². The lowest BCUT2D eigenvalue weighted by Gasteiger charge is -2.14. The van der Waals surface area contributed by atoms with Crippen molar-refractivity contribution in [3.63, 3.8) is 0 Å². The molecule has 0 atom stereocenters. The zero-order valence-electron chi connectivity index (χ0n) is 18.9. The topological polar surface area (TPSA) is 94.5 Å². The van der Waals surface area contributed by atoms with E-state index < -0.39 is 11.8 Å². The highest BCUT2D eigenvalue weighted by Crippen LogP contribution is 2.29. The number of amides is 2. The van der Waals surface area contributed by atoms with E-state index in [9.17, 15) is 9.59 Å². The molecule has 0 aliphatic carbocycles. The molecule has 4 aromatic rings. The molecule has 0 unspecified atom stereocenters. The molecular weight excluding hydrogens is 452 g/mol. The summed E-state index contributed by atoms with van der Waals surface area (Å²) in [6, 6.07) is 18.1. The smallest absolute Gasteiger partial charge is 0.273 e. The van der Waals surface area contributed by atoms with E-state index in [1.807, 2.05) is 61.7 Å². The molecule has 2 amide bonds. The Kier molecular flexibility index (Phi) is 6.93. The molecule has 4 rings (SSSR count). The number of nitrogens with zero attached hydrogens (tertiary/aromatic N) is 2. The first-order valence-electron chi connectivity index (χ1n) is 10.6. The molecule has 0 spiro atoms. The maximum absolute atomic E-state index is 13.0. The molecule has 2 aromatic carbocycles. The molecule has 8 nitrogen and oxygen atoms in total. The Hall–Kier alpha value is -4.11. The van der Waals surface area contributed by atoms with Gasteiger partial charge in [-0.05, 0) is 55.6 Å². The highest BCUT2D eigenvalue weighted by molar-refractivity contribution is 7.13. The average molecular weight is 477 g/mol. The number of para-hydroxylation sites is 1. The standard InChI is InChI=1S/C25H24N4O4S/c1-16(2)33-20-12-11-17(14-21(20)32-3)24(30)26-27-25(31)19-15-29(18-8-5-4-6-9-18)28-23(19)22-10-7-13-34-22/h4-16H,1-3H3,(H,26,30)(H,27,31). The van der Waals surface area contributed by atoms with Crippen molar-refractivity contribution in [1.29, 1.82) is 0 Å². The molecule has 174 valence electrons. The zero-order valence-corrected chi connectivity index (χ0v) is 19.8. The summed E-state index contributed by atoms with van der Waals surface area (Å²) in [4.78, 5) is 26.5. The van der Waals surface area contributed by atoms with Crippen LogP contribution < -0.4 is 20.3 Å². The van der Waals surface area contributed by atoms with E-state index in [0.717, 1.165) is 10.6 Å². The van der Waals surface area contributed by atoms with Gasteiger partial charge in [0, 0.05) is 11.8 Å². The fourth-order valence-electron chi connectivity index (χ4n) is 3.26. The number of thiophene rings is 1. The minimum atomic E-state index is -0.490. The fourth-order valence-corrected chi connectivity index (χ4v) is 3.98. The van der Waals surface area contributed by atoms with E-state index in [1.54, 1.807) is 29.1 Å². The van der Waals surface area contributed by atoms with Crippen molar-refractivity contribution in [3.8, 4) is 27.8 Å². The third-order valence-corrected chi connectivity index (χ3v) is 5.69. The monoisotopic (exact) mass is 476 g/mol. The van der Waals surface area contributed by atoms with Gasteiger partial charge in [0.2, 0.25) is 0 Å². The highest BCUT2D eigenvalue weighted by Gasteiger charge is 2.20. The zero-order chi connectivity index (χ0) is 24.1. The summed E-state index contributed by atoms with van der Waals surface area (Å²) < 4.78 is 12.7. The quantitative estimate of drug-likeness (QED) is 0.384. The number of methoxy groups -OCH3 is 1. The van der Waals surface area contributed by atoms with Crippen LogP contribution in [0.4, 0.5) is 0 Å². The number of rotatable bonds is 7. The van der Waals surface area contributed by atoms with Crippen LogP contribution in [-0.4, -0.2) is 34.8 Å². The lowest BCUT2D eigenvalue weighted by Crippen LogP contribution is -2.41. The molecule has 0 fully saturated rings. The van der Waals surface area contributed by atoms with Crippen molar-refractivity contribution in [2.24, 2.45) is 0 Å². The molecule has 2 heterocycles. The van der Waals surface area contributed by atoms with Gasteiger partial charge in [-0.1, -0.05) is 24.3 Å². The van der Waals surface area contributed by atoms with Crippen LogP contribution in [0.2, 0.25) is 0 Å². The first-order chi connectivity index (χ1) is 16.5. The molecule has 0 aliphatic rings. The van der Waals surface area contributed by atoms with Crippen molar-refractivity contribution in [3.05, 3.63) is 83.4 Å². The third kappa shape index (κ3) is 5.10. The maximum Gasteiger partial charge on any atom is 0.273 e. The molecule has 0 aliphatic heterocycles. The number of benzene rings is 2. The Bertz CT molecular complexity index is 1280. The fraction of sp³-hybridized carbons (Fsp3) is 0.160. The summed E-state index contributed by atoms with van der Waals surface area (Å²) in [6.45, 7) is 3.81. The van der Waals surface area contributed by atoms with E-state index in [4.69, 9.17) is 9.47 Å². The molecule has 34 heavy (non-hydrogen) atoms. The lowest BCUT2D eigenvalue weighted by atomic mass is 10.2. The average Bonchev–Trinajstić information content (AvgIpc) is 3.53. The molecule has 0 saturated heterocycles. The second kappa shape index (κ2) is 10.2. The molecular formula is C25H24N4O4S. The lowest BCUT2D eigenvalue weighted by molar-refractivity contribution is 0.0847. The number of hydrogen-bond donors (Lipinski definition) is 2. The molecule has 0 radical (unpaired) electrons. The largest absolute Gasteiger partial charge is 0.493 e. The van der Waals surface area contributed by atoms with Gasteiger partial charge in [0.05, 0.1) is 29.3 Å². The number of aromatic nitrogens is 2. The van der Waals surface area contributed by atoms with Crippen molar-refractivity contribution in [2.45, 2.75) is 20.0 Å². The van der Waals surface area contributed by atoms with Crippen LogP contribution in [0.15, 0.2) is 72.2 Å².